The predicted molar refractivity (Wildman–Crippen MR) is 155 cm³/mol. The van der Waals surface area contributed by atoms with Crippen molar-refractivity contribution in [3.8, 4) is 0 Å². The monoisotopic (exact) mass is 566 g/mol. The second kappa shape index (κ2) is 11.7. The first-order valence-electron chi connectivity index (χ1n) is 13.0. The molecule has 0 spiro atoms. The zero-order valence-corrected chi connectivity index (χ0v) is 23.3. The van der Waals surface area contributed by atoms with Crippen LogP contribution in [0.25, 0.3) is 10.9 Å². The zero-order chi connectivity index (χ0) is 27.4. The lowest BCUT2D eigenvalue weighted by Crippen LogP contribution is -2.44. The number of H-pyrrole nitrogens is 1. The second-order valence-corrected chi connectivity index (χ2v) is 11.5. The van der Waals surface area contributed by atoms with Crippen LogP contribution in [0.5, 0.6) is 0 Å². The third-order valence-electron chi connectivity index (χ3n) is 6.83. The van der Waals surface area contributed by atoms with Crippen LogP contribution in [0.2, 0.25) is 5.02 Å². The van der Waals surface area contributed by atoms with Gasteiger partial charge in [0.2, 0.25) is 0 Å². The van der Waals surface area contributed by atoms with Crippen molar-refractivity contribution in [1.29, 1.82) is 0 Å². The van der Waals surface area contributed by atoms with E-state index in [1.165, 1.54) is 10.4 Å². The van der Waals surface area contributed by atoms with E-state index in [4.69, 9.17) is 16.3 Å². The van der Waals surface area contributed by atoms with Gasteiger partial charge in [0.15, 0.2) is 0 Å². The van der Waals surface area contributed by atoms with Crippen molar-refractivity contribution in [1.82, 2.24) is 10.3 Å². The van der Waals surface area contributed by atoms with Gasteiger partial charge in [-0.1, -0.05) is 54.1 Å². The van der Waals surface area contributed by atoms with Crippen molar-refractivity contribution in [2.45, 2.75) is 18.2 Å². The number of fused-ring (bicyclic) bond motifs is 1. The largest absolute Gasteiger partial charge is 0.461 e. The molecule has 1 aliphatic rings. The van der Waals surface area contributed by atoms with E-state index < -0.39 is 16.0 Å². The number of aromatic nitrogens is 1. The number of halogens is 1. The highest BCUT2D eigenvalue weighted by Crippen LogP contribution is 2.36. The van der Waals surface area contributed by atoms with E-state index in [1.54, 1.807) is 19.1 Å². The highest BCUT2D eigenvalue weighted by Gasteiger charge is 2.29. The fourth-order valence-corrected chi connectivity index (χ4v) is 6.65. The number of nitrogens with one attached hydrogen (secondary N) is 2. The first-order valence-corrected chi connectivity index (χ1v) is 14.8. The summed E-state index contributed by atoms with van der Waals surface area (Å²) in [6.45, 7) is 5.39. The van der Waals surface area contributed by atoms with Gasteiger partial charge in [-0.25, -0.2) is 13.2 Å². The van der Waals surface area contributed by atoms with Crippen LogP contribution < -0.4 is 14.5 Å². The number of anilines is 2. The Kier molecular flexibility index (Phi) is 8.11. The van der Waals surface area contributed by atoms with Crippen molar-refractivity contribution in [3.05, 3.63) is 89.1 Å². The lowest BCUT2D eigenvalue weighted by atomic mass is 10.1. The van der Waals surface area contributed by atoms with Crippen molar-refractivity contribution in [3.63, 3.8) is 0 Å². The van der Waals surface area contributed by atoms with Gasteiger partial charge in [-0.05, 0) is 49.2 Å². The van der Waals surface area contributed by atoms with E-state index in [1.807, 2.05) is 54.6 Å². The van der Waals surface area contributed by atoms with E-state index in [-0.39, 0.29) is 28.8 Å². The Hall–Kier alpha value is -3.53. The van der Waals surface area contributed by atoms with E-state index in [0.717, 1.165) is 37.4 Å². The average molecular weight is 567 g/mol. The minimum Gasteiger partial charge on any atom is -0.461 e. The molecule has 0 unspecified atom stereocenters. The van der Waals surface area contributed by atoms with Crippen LogP contribution in [0.4, 0.5) is 11.4 Å². The maximum atomic E-state index is 14.3. The first kappa shape index (κ1) is 27.1. The Morgan fingerprint density at radius 1 is 1.03 bits per heavy atom. The van der Waals surface area contributed by atoms with Crippen LogP contribution in [0.15, 0.2) is 77.7 Å². The molecule has 2 N–H and O–H groups in total. The van der Waals surface area contributed by atoms with Gasteiger partial charge in [-0.2, -0.15) is 0 Å². The van der Waals surface area contributed by atoms with Crippen LogP contribution in [-0.4, -0.2) is 58.7 Å². The Bertz CT molecular complexity index is 1570. The number of sulfonamides is 1. The molecular formula is C29H31ClN4O4S. The molecule has 39 heavy (non-hydrogen) atoms. The number of nitrogens with zero attached hydrogens (tertiary/aromatic N) is 2. The molecule has 204 valence electrons. The zero-order valence-electron chi connectivity index (χ0n) is 21.7. The SMILES string of the molecule is CCOC(=O)c1[nH]c2ccc(S(=O)(=O)N(CCc3ccccc3)c3ccccc3N3CCNCC3)cc2c1Cl. The normalized spacial score (nSPS) is 13.9. The quantitative estimate of drug-likeness (QED) is 0.281. The molecular weight excluding hydrogens is 536 g/mol. The molecule has 0 saturated carbocycles. The summed E-state index contributed by atoms with van der Waals surface area (Å²) in [7, 11) is -4.01. The number of hydrogen-bond acceptors (Lipinski definition) is 6. The smallest absolute Gasteiger partial charge is 0.356 e. The Morgan fingerprint density at radius 3 is 2.49 bits per heavy atom. The summed E-state index contributed by atoms with van der Waals surface area (Å²) in [4.78, 5) is 17.6. The van der Waals surface area contributed by atoms with Crippen molar-refractivity contribution >= 4 is 49.9 Å². The minimum absolute atomic E-state index is 0.0921. The van der Waals surface area contributed by atoms with Crippen LogP contribution in [0.3, 0.4) is 0 Å². The van der Waals surface area contributed by atoms with E-state index >= 15 is 0 Å². The summed E-state index contributed by atoms with van der Waals surface area (Å²) >= 11 is 6.52. The maximum absolute atomic E-state index is 14.3. The molecule has 1 aliphatic heterocycles. The Morgan fingerprint density at radius 2 is 1.74 bits per heavy atom. The van der Waals surface area contributed by atoms with Crippen LogP contribution in [-0.2, 0) is 21.2 Å². The van der Waals surface area contributed by atoms with E-state index in [0.29, 0.717) is 23.0 Å². The summed E-state index contributed by atoms with van der Waals surface area (Å²) in [6, 6.07) is 22.2. The molecule has 2 heterocycles. The van der Waals surface area contributed by atoms with Crippen LogP contribution >= 0.6 is 11.6 Å². The highest BCUT2D eigenvalue weighted by atomic mass is 35.5. The van der Waals surface area contributed by atoms with Crippen LogP contribution in [0.1, 0.15) is 23.0 Å². The lowest BCUT2D eigenvalue weighted by molar-refractivity contribution is 0.0521. The molecule has 0 bridgehead atoms. The topological polar surface area (TPSA) is 94.7 Å². The number of hydrogen-bond donors (Lipinski definition) is 2. The molecule has 5 rings (SSSR count). The summed E-state index contributed by atoms with van der Waals surface area (Å²) < 4.78 is 35.3. The van der Waals surface area contributed by atoms with Crippen molar-refractivity contribution in [2.75, 3.05) is 48.5 Å². The molecule has 0 radical (unpaired) electrons. The molecule has 1 aromatic heterocycles. The van der Waals surface area contributed by atoms with Gasteiger partial charge in [0, 0.05) is 43.6 Å². The maximum Gasteiger partial charge on any atom is 0.356 e. The number of carbonyl (C=O) groups excluding carboxylic acids is 1. The third kappa shape index (κ3) is 5.61. The molecule has 0 aliphatic carbocycles. The number of para-hydroxylation sites is 2. The van der Waals surface area contributed by atoms with E-state index in [2.05, 4.69) is 15.2 Å². The molecule has 10 heteroatoms. The molecule has 0 amide bonds. The van der Waals surface area contributed by atoms with Gasteiger partial charge in [0.1, 0.15) is 5.69 Å². The van der Waals surface area contributed by atoms with E-state index in [9.17, 15) is 13.2 Å². The van der Waals surface area contributed by atoms with Gasteiger partial charge in [-0.3, -0.25) is 4.31 Å². The minimum atomic E-state index is -4.01. The summed E-state index contributed by atoms with van der Waals surface area (Å²) in [5, 5.41) is 3.93. The molecule has 0 atom stereocenters. The summed E-state index contributed by atoms with van der Waals surface area (Å²) in [6.07, 6.45) is 0.538. The molecule has 8 nitrogen and oxygen atoms in total. The number of rotatable bonds is 9. The van der Waals surface area contributed by atoms with Gasteiger partial charge < -0.3 is 19.9 Å². The van der Waals surface area contributed by atoms with Gasteiger partial charge in [0.25, 0.3) is 10.0 Å². The fraction of sp³-hybridized carbons (Fsp3) is 0.276. The second-order valence-electron chi connectivity index (χ2n) is 9.28. The number of benzene rings is 3. The van der Waals surface area contributed by atoms with Gasteiger partial charge in [-0.15, -0.1) is 0 Å². The average Bonchev–Trinajstić information content (AvgIpc) is 3.30. The molecule has 3 aromatic carbocycles. The van der Waals surface area contributed by atoms with Crippen molar-refractivity contribution in [2.24, 2.45) is 0 Å². The van der Waals surface area contributed by atoms with Gasteiger partial charge in [0.05, 0.1) is 27.9 Å². The van der Waals surface area contributed by atoms with Crippen LogP contribution in [0, 0.1) is 0 Å². The number of piperazine rings is 1. The third-order valence-corrected chi connectivity index (χ3v) is 9.03. The fourth-order valence-electron chi connectivity index (χ4n) is 4.86. The number of aromatic amines is 1. The molecule has 4 aromatic rings. The van der Waals surface area contributed by atoms with Crippen molar-refractivity contribution < 1.29 is 17.9 Å². The Balaban J connectivity index is 1.58. The standard InChI is InChI=1S/C29H31ClN4O4S/c1-2-38-29(35)28-27(30)23-20-22(12-13-24(23)32-28)39(36,37)34(17-14-21-8-4-3-5-9-21)26-11-7-6-10-25(26)33-18-15-31-16-19-33/h3-13,20,31-32H,2,14-19H2,1H3. The van der Waals surface area contributed by atoms with Gasteiger partial charge >= 0.3 is 5.97 Å². The predicted octanol–water partition coefficient (Wildman–Crippen LogP) is 4.85. The molecule has 1 fully saturated rings. The lowest BCUT2D eigenvalue weighted by Gasteiger charge is -2.34. The number of esters is 1. The molecule has 1 saturated heterocycles. The summed E-state index contributed by atoms with van der Waals surface area (Å²) in [5.41, 5.74) is 3.21. The first-order chi connectivity index (χ1) is 18.9. The highest BCUT2D eigenvalue weighted by molar-refractivity contribution is 7.92. The summed E-state index contributed by atoms with van der Waals surface area (Å²) in [5.74, 6) is -0.586. The number of ether oxygens (including phenoxy) is 1. The Labute approximate surface area is 233 Å². The number of carbonyl (C=O) groups is 1.